The lowest BCUT2D eigenvalue weighted by Crippen LogP contribution is -2.63. The summed E-state index contributed by atoms with van der Waals surface area (Å²) >= 11 is 0. The Labute approximate surface area is 118 Å². The zero-order valence-electron chi connectivity index (χ0n) is 10.7. The predicted molar refractivity (Wildman–Crippen MR) is 67.0 cm³/mol. The van der Waals surface area contributed by atoms with Gasteiger partial charge in [-0.15, -0.1) is 0 Å². The van der Waals surface area contributed by atoms with Crippen molar-refractivity contribution >= 4 is 5.69 Å². The Morgan fingerprint density at radius 2 is 1.86 bits per heavy atom. The number of nitro benzene ring substituents is 1. The van der Waals surface area contributed by atoms with E-state index in [1.807, 2.05) is 0 Å². The molecule has 1 heterocycles. The third-order valence-corrected chi connectivity index (χ3v) is 3.45. The maximum absolute atomic E-state index is 11.0. The fourth-order valence-corrected chi connectivity index (χ4v) is 2.31. The van der Waals surface area contributed by atoms with Gasteiger partial charge in [0.2, 0.25) is 5.79 Å². The number of para-hydroxylation sites is 1. The third-order valence-electron chi connectivity index (χ3n) is 3.45. The van der Waals surface area contributed by atoms with Crippen molar-refractivity contribution in [3.63, 3.8) is 0 Å². The average molecular weight is 301 g/mol. The number of hydrogen-bond acceptors (Lipinski definition) is 8. The predicted octanol–water partition coefficient (Wildman–Crippen LogP) is -1.79. The summed E-state index contributed by atoms with van der Waals surface area (Å²) < 4.78 is 5.04. The number of benzene rings is 1. The molecule has 1 saturated heterocycles. The van der Waals surface area contributed by atoms with Gasteiger partial charge in [0.05, 0.1) is 17.1 Å². The lowest BCUT2D eigenvalue weighted by molar-refractivity contribution is -0.396. The second-order valence-corrected chi connectivity index (χ2v) is 4.74. The molecule has 0 unspecified atom stereocenters. The Bertz CT molecular complexity index is 536. The van der Waals surface area contributed by atoms with Gasteiger partial charge in [0.1, 0.15) is 24.4 Å². The van der Waals surface area contributed by atoms with Gasteiger partial charge < -0.3 is 30.3 Å². The van der Waals surface area contributed by atoms with Crippen molar-refractivity contribution in [2.24, 2.45) is 0 Å². The molecule has 0 spiro atoms. The number of nitro groups is 1. The van der Waals surface area contributed by atoms with Crippen molar-refractivity contribution in [1.29, 1.82) is 0 Å². The molecule has 1 aromatic carbocycles. The maximum Gasteiger partial charge on any atom is 0.278 e. The van der Waals surface area contributed by atoms with E-state index in [2.05, 4.69) is 0 Å². The highest BCUT2D eigenvalue weighted by atomic mass is 16.7. The fraction of sp³-hybridized carbons (Fsp3) is 0.500. The molecule has 1 fully saturated rings. The fourth-order valence-electron chi connectivity index (χ4n) is 2.31. The lowest BCUT2D eigenvalue weighted by atomic mass is 9.87. The summed E-state index contributed by atoms with van der Waals surface area (Å²) in [5.74, 6) is -2.63. The molecule has 21 heavy (non-hydrogen) atoms. The standard InChI is InChI=1S/C12H15NO8/c14-5-8-9(15)10(16)11(17)12(18,21-8)6-3-1-2-4-7(6)13(19)20/h1-4,8-11,14-18H,5H2/t8-,9+,10+,11-,12-/m1/s1. The minimum atomic E-state index is -2.63. The van der Waals surface area contributed by atoms with Gasteiger partial charge in [-0.05, 0) is 6.07 Å². The number of hydrogen-bond donors (Lipinski definition) is 5. The first-order chi connectivity index (χ1) is 9.82. The van der Waals surface area contributed by atoms with Crippen molar-refractivity contribution in [3.8, 4) is 0 Å². The van der Waals surface area contributed by atoms with Crippen LogP contribution in [-0.2, 0) is 10.5 Å². The first kappa shape index (κ1) is 15.8. The van der Waals surface area contributed by atoms with Crippen LogP contribution in [-0.4, -0.2) is 61.5 Å². The molecule has 0 aliphatic carbocycles. The zero-order valence-corrected chi connectivity index (χ0v) is 10.7. The molecule has 9 nitrogen and oxygen atoms in total. The molecule has 0 aromatic heterocycles. The molecule has 1 aromatic rings. The molecule has 0 amide bonds. The van der Waals surface area contributed by atoms with Crippen molar-refractivity contribution in [2.75, 3.05) is 6.61 Å². The number of rotatable bonds is 3. The SMILES string of the molecule is O=[N+]([O-])c1ccccc1[C@@]1(O)O[C@H](CO)[C@H](O)[C@H](O)[C@H]1O. The Hall–Kier alpha value is -1.62. The van der Waals surface area contributed by atoms with Crippen LogP contribution in [0.5, 0.6) is 0 Å². The van der Waals surface area contributed by atoms with Crippen LogP contribution in [0.2, 0.25) is 0 Å². The summed E-state index contributed by atoms with van der Waals surface area (Å²) in [6, 6.07) is 4.98. The molecular weight excluding hydrogens is 286 g/mol. The van der Waals surface area contributed by atoms with Gasteiger partial charge in [0, 0.05) is 6.07 Å². The van der Waals surface area contributed by atoms with Crippen LogP contribution in [0.15, 0.2) is 24.3 Å². The molecule has 5 atom stereocenters. The highest BCUT2D eigenvalue weighted by molar-refractivity contribution is 5.43. The summed E-state index contributed by atoms with van der Waals surface area (Å²) in [6.07, 6.45) is -6.93. The number of aliphatic hydroxyl groups is 5. The monoisotopic (exact) mass is 301 g/mol. The van der Waals surface area contributed by atoms with Gasteiger partial charge in [-0.3, -0.25) is 10.1 Å². The summed E-state index contributed by atoms with van der Waals surface area (Å²) in [6.45, 7) is -0.756. The second kappa shape index (κ2) is 5.64. The third kappa shape index (κ3) is 2.50. The van der Waals surface area contributed by atoms with E-state index in [9.17, 15) is 30.5 Å². The van der Waals surface area contributed by atoms with Crippen LogP contribution < -0.4 is 0 Å². The van der Waals surface area contributed by atoms with E-state index in [0.717, 1.165) is 12.1 Å². The highest BCUT2D eigenvalue weighted by Gasteiger charge is 2.55. The van der Waals surface area contributed by atoms with Crippen LogP contribution >= 0.6 is 0 Å². The van der Waals surface area contributed by atoms with Crippen LogP contribution in [0.3, 0.4) is 0 Å². The molecule has 5 N–H and O–H groups in total. The van der Waals surface area contributed by atoms with Gasteiger partial charge in [-0.1, -0.05) is 12.1 Å². The molecule has 2 rings (SSSR count). The lowest BCUT2D eigenvalue weighted by Gasteiger charge is -2.45. The average Bonchev–Trinajstić information content (AvgIpc) is 2.49. The molecule has 0 radical (unpaired) electrons. The Kier molecular flexibility index (Phi) is 4.23. The maximum atomic E-state index is 11.0. The van der Waals surface area contributed by atoms with Crippen LogP contribution in [0, 0.1) is 10.1 Å². The summed E-state index contributed by atoms with van der Waals surface area (Å²) in [5, 5.41) is 59.9. The molecule has 0 bridgehead atoms. The molecule has 1 aliphatic rings. The van der Waals surface area contributed by atoms with E-state index < -0.39 is 47.4 Å². The van der Waals surface area contributed by atoms with E-state index >= 15 is 0 Å². The van der Waals surface area contributed by atoms with Crippen molar-refractivity contribution in [1.82, 2.24) is 0 Å². The summed E-state index contributed by atoms with van der Waals surface area (Å²) in [7, 11) is 0. The normalized spacial score (nSPS) is 36.4. The van der Waals surface area contributed by atoms with E-state index in [4.69, 9.17) is 9.84 Å². The van der Waals surface area contributed by atoms with E-state index in [-0.39, 0.29) is 5.56 Å². The summed E-state index contributed by atoms with van der Waals surface area (Å²) in [5.41, 5.74) is -0.911. The Morgan fingerprint density at radius 3 is 2.43 bits per heavy atom. The molecule has 9 heteroatoms. The number of ether oxygens (including phenoxy) is 1. The van der Waals surface area contributed by atoms with Gasteiger partial charge in [-0.2, -0.15) is 0 Å². The van der Waals surface area contributed by atoms with Gasteiger partial charge in [-0.25, -0.2) is 0 Å². The largest absolute Gasteiger partial charge is 0.394 e. The summed E-state index contributed by atoms with van der Waals surface area (Å²) in [4.78, 5) is 10.2. The molecular formula is C12H15NO8. The first-order valence-electron chi connectivity index (χ1n) is 6.12. The topological polar surface area (TPSA) is 154 Å². The van der Waals surface area contributed by atoms with Gasteiger partial charge >= 0.3 is 0 Å². The van der Waals surface area contributed by atoms with E-state index in [1.165, 1.54) is 12.1 Å². The van der Waals surface area contributed by atoms with Gasteiger partial charge in [0.15, 0.2) is 0 Å². The van der Waals surface area contributed by atoms with Crippen molar-refractivity contribution in [2.45, 2.75) is 30.2 Å². The quantitative estimate of drug-likeness (QED) is 0.324. The molecule has 0 saturated carbocycles. The Morgan fingerprint density at radius 1 is 1.24 bits per heavy atom. The van der Waals surface area contributed by atoms with E-state index in [1.54, 1.807) is 0 Å². The van der Waals surface area contributed by atoms with E-state index in [0.29, 0.717) is 0 Å². The minimum absolute atomic E-state index is 0.383. The van der Waals surface area contributed by atoms with Gasteiger partial charge in [0.25, 0.3) is 5.69 Å². The molecule has 1 aliphatic heterocycles. The van der Waals surface area contributed by atoms with Crippen LogP contribution in [0.4, 0.5) is 5.69 Å². The Balaban J connectivity index is 2.52. The number of aliphatic hydroxyl groups excluding tert-OH is 4. The van der Waals surface area contributed by atoms with Crippen molar-refractivity contribution < 1.29 is 35.2 Å². The highest BCUT2D eigenvalue weighted by Crippen LogP contribution is 2.39. The van der Waals surface area contributed by atoms with Crippen LogP contribution in [0.25, 0.3) is 0 Å². The number of nitrogens with zero attached hydrogens (tertiary/aromatic N) is 1. The second-order valence-electron chi connectivity index (χ2n) is 4.74. The van der Waals surface area contributed by atoms with Crippen molar-refractivity contribution in [3.05, 3.63) is 39.9 Å². The first-order valence-corrected chi connectivity index (χ1v) is 6.12. The minimum Gasteiger partial charge on any atom is -0.394 e. The van der Waals surface area contributed by atoms with Crippen LogP contribution in [0.1, 0.15) is 5.56 Å². The zero-order chi connectivity index (χ0) is 15.8. The molecule has 116 valence electrons. The smallest absolute Gasteiger partial charge is 0.278 e.